The summed E-state index contributed by atoms with van der Waals surface area (Å²) < 4.78 is 0.916. The minimum atomic E-state index is -0.148. The van der Waals surface area contributed by atoms with Crippen LogP contribution in [-0.2, 0) is 4.79 Å². The van der Waals surface area contributed by atoms with Gasteiger partial charge in [0.2, 0.25) is 5.91 Å². The van der Waals surface area contributed by atoms with Crippen molar-refractivity contribution in [2.45, 2.75) is 24.1 Å². The highest BCUT2D eigenvalue weighted by Gasteiger charge is 2.29. The van der Waals surface area contributed by atoms with Crippen LogP contribution in [0.2, 0.25) is 0 Å². The second kappa shape index (κ2) is 7.90. The summed E-state index contributed by atoms with van der Waals surface area (Å²) in [7, 11) is 0. The van der Waals surface area contributed by atoms with E-state index in [0.29, 0.717) is 18.0 Å². The molecule has 0 bridgehead atoms. The number of piperidine rings is 1. The summed E-state index contributed by atoms with van der Waals surface area (Å²) >= 11 is 3.03. The van der Waals surface area contributed by atoms with Gasteiger partial charge < -0.3 is 4.90 Å². The van der Waals surface area contributed by atoms with Gasteiger partial charge in [0.15, 0.2) is 10.1 Å². The van der Waals surface area contributed by atoms with Crippen molar-refractivity contribution in [3.63, 3.8) is 0 Å². The zero-order valence-corrected chi connectivity index (χ0v) is 15.1. The van der Waals surface area contributed by atoms with Crippen LogP contribution in [0.1, 0.15) is 29.0 Å². The number of hydrogen-bond donors (Lipinski definition) is 0. The molecule has 3 rings (SSSR count). The van der Waals surface area contributed by atoms with Crippen LogP contribution >= 0.6 is 23.1 Å². The van der Waals surface area contributed by atoms with Gasteiger partial charge in [-0.05, 0) is 31.9 Å². The van der Waals surface area contributed by atoms with E-state index in [0.717, 1.165) is 29.4 Å². The van der Waals surface area contributed by atoms with Gasteiger partial charge in [0.05, 0.1) is 5.75 Å². The third-order valence-corrected chi connectivity index (χ3v) is 6.10. The number of ketones is 1. The SMILES string of the molecule is Cc1csc(SCC(=O)N2CCC[C@@H](C(=O)c3ccccn3)C2)n1. The van der Waals surface area contributed by atoms with Gasteiger partial charge in [-0.25, -0.2) is 4.98 Å². The number of hydrogen-bond acceptors (Lipinski definition) is 6. The van der Waals surface area contributed by atoms with Gasteiger partial charge in [-0.1, -0.05) is 17.8 Å². The Morgan fingerprint density at radius 2 is 2.29 bits per heavy atom. The lowest BCUT2D eigenvalue weighted by molar-refractivity contribution is -0.129. The third kappa shape index (κ3) is 4.21. The molecule has 0 N–H and O–H groups in total. The molecule has 3 heterocycles. The minimum Gasteiger partial charge on any atom is -0.341 e. The van der Waals surface area contributed by atoms with Gasteiger partial charge in [0.1, 0.15) is 5.69 Å². The van der Waals surface area contributed by atoms with Gasteiger partial charge in [0, 0.05) is 36.3 Å². The molecule has 0 spiro atoms. The van der Waals surface area contributed by atoms with Gasteiger partial charge in [0.25, 0.3) is 0 Å². The number of amides is 1. The maximum absolute atomic E-state index is 12.5. The van der Waals surface area contributed by atoms with Crippen LogP contribution in [-0.4, -0.2) is 45.4 Å². The molecular formula is C17H19N3O2S2. The highest BCUT2D eigenvalue weighted by molar-refractivity contribution is 8.01. The van der Waals surface area contributed by atoms with E-state index < -0.39 is 0 Å². The molecule has 5 nitrogen and oxygen atoms in total. The Kier molecular flexibility index (Phi) is 5.63. The molecule has 1 aliphatic heterocycles. The zero-order valence-electron chi connectivity index (χ0n) is 13.5. The molecule has 1 aliphatic rings. The van der Waals surface area contributed by atoms with Crippen LogP contribution in [0, 0.1) is 12.8 Å². The summed E-state index contributed by atoms with van der Waals surface area (Å²) in [4.78, 5) is 35.3. The van der Waals surface area contributed by atoms with Crippen molar-refractivity contribution in [2.75, 3.05) is 18.8 Å². The molecule has 0 radical (unpaired) electrons. The molecule has 1 saturated heterocycles. The summed E-state index contributed by atoms with van der Waals surface area (Å²) in [6, 6.07) is 5.35. The number of carbonyl (C=O) groups is 2. The number of nitrogens with zero attached hydrogens (tertiary/aromatic N) is 3. The van der Waals surface area contributed by atoms with Crippen molar-refractivity contribution in [3.05, 3.63) is 41.2 Å². The molecule has 0 aliphatic carbocycles. The highest BCUT2D eigenvalue weighted by Crippen LogP contribution is 2.25. The third-order valence-electron chi connectivity index (χ3n) is 3.98. The summed E-state index contributed by atoms with van der Waals surface area (Å²) in [6.45, 7) is 3.16. The Hall–Kier alpha value is -1.73. The van der Waals surface area contributed by atoms with Crippen molar-refractivity contribution in [3.8, 4) is 0 Å². The largest absolute Gasteiger partial charge is 0.341 e. The number of likely N-dealkylation sites (tertiary alicyclic amines) is 1. The fourth-order valence-corrected chi connectivity index (χ4v) is 4.50. The molecule has 0 aromatic carbocycles. The van der Waals surface area contributed by atoms with Crippen LogP contribution in [0.15, 0.2) is 34.1 Å². The van der Waals surface area contributed by atoms with E-state index in [4.69, 9.17) is 0 Å². The smallest absolute Gasteiger partial charge is 0.233 e. The number of aromatic nitrogens is 2. The lowest BCUT2D eigenvalue weighted by atomic mass is 9.92. The van der Waals surface area contributed by atoms with Crippen molar-refractivity contribution in [1.82, 2.24) is 14.9 Å². The fraction of sp³-hybridized carbons (Fsp3) is 0.412. The number of thiazole rings is 1. The Balaban J connectivity index is 1.56. The van der Waals surface area contributed by atoms with Crippen molar-refractivity contribution >= 4 is 34.8 Å². The monoisotopic (exact) mass is 361 g/mol. The van der Waals surface area contributed by atoms with Gasteiger partial charge in [-0.15, -0.1) is 11.3 Å². The van der Waals surface area contributed by atoms with E-state index in [9.17, 15) is 9.59 Å². The standard InChI is InChI=1S/C17H19N3O2S2/c1-12-10-23-17(19-12)24-11-15(21)20-8-4-5-13(9-20)16(22)14-6-2-3-7-18-14/h2-3,6-7,10,13H,4-5,8-9,11H2,1H3/t13-/m1/s1. The molecule has 1 amide bonds. The predicted molar refractivity (Wildman–Crippen MR) is 95.4 cm³/mol. The van der Waals surface area contributed by atoms with E-state index in [1.807, 2.05) is 23.3 Å². The molecule has 126 valence electrons. The average Bonchev–Trinajstić information content (AvgIpc) is 3.05. The van der Waals surface area contributed by atoms with Gasteiger partial charge in [-0.3, -0.25) is 14.6 Å². The number of aryl methyl sites for hydroxylation is 1. The van der Waals surface area contributed by atoms with Crippen molar-refractivity contribution in [1.29, 1.82) is 0 Å². The first-order valence-corrected chi connectivity index (χ1v) is 9.78. The first-order chi connectivity index (χ1) is 11.6. The molecule has 1 fully saturated rings. The van der Waals surface area contributed by atoms with Crippen LogP contribution in [0.3, 0.4) is 0 Å². The van der Waals surface area contributed by atoms with Gasteiger partial charge in [-0.2, -0.15) is 0 Å². The Bertz CT molecular complexity index is 718. The van der Waals surface area contributed by atoms with Crippen molar-refractivity contribution < 1.29 is 9.59 Å². The molecular weight excluding hydrogens is 342 g/mol. The second-order valence-corrected chi connectivity index (χ2v) is 7.88. The lowest BCUT2D eigenvalue weighted by Gasteiger charge is -2.31. The molecule has 1 atom stereocenters. The van der Waals surface area contributed by atoms with E-state index >= 15 is 0 Å². The molecule has 7 heteroatoms. The van der Waals surface area contributed by atoms with E-state index in [1.54, 1.807) is 29.7 Å². The number of carbonyl (C=O) groups excluding carboxylic acids is 2. The average molecular weight is 361 g/mol. The molecule has 2 aromatic rings. The van der Waals surface area contributed by atoms with Crippen LogP contribution in [0.5, 0.6) is 0 Å². The lowest BCUT2D eigenvalue weighted by Crippen LogP contribution is -2.43. The van der Waals surface area contributed by atoms with Crippen molar-refractivity contribution in [2.24, 2.45) is 5.92 Å². The molecule has 0 saturated carbocycles. The summed E-state index contributed by atoms with van der Waals surface area (Å²) in [5.74, 6) is 0.338. The number of thioether (sulfide) groups is 1. The predicted octanol–water partition coefficient (Wildman–Crippen LogP) is 3.06. The number of rotatable bonds is 5. The topological polar surface area (TPSA) is 63.2 Å². The van der Waals surface area contributed by atoms with Gasteiger partial charge >= 0.3 is 0 Å². The fourth-order valence-electron chi connectivity index (χ4n) is 2.75. The molecule has 2 aromatic heterocycles. The minimum absolute atomic E-state index is 0.0382. The maximum atomic E-state index is 12.5. The van der Waals surface area contributed by atoms with E-state index in [-0.39, 0.29) is 17.6 Å². The summed E-state index contributed by atoms with van der Waals surface area (Å²) in [5.41, 5.74) is 1.47. The van der Waals surface area contributed by atoms with E-state index in [2.05, 4.69) is 9.97 Å². The Morgan fingerprint density at radius 1 is 1.42 bits per heavy atom. The number of pyridine rings is 1. The Labute approximate surface area is 149 Å². The summed E-state index contributed by atoms with van der Waals surface area (Å²) in [6.07, 6.45) is 3.31. The number of Topliss-reactive ketones (excluding diaryl/α,β-unsaturated/α-hetero) is 1. The Morgan fingerprint density at radius 3 is 3.00 bits per heavy atom. The highest BCUT2D eigenvalue weighted by atomic mass is 32.2. The zero-order chi connectivity index (χ0) is 16.9. The first-order valence-electron chi connectivity index (χ1n) is 7.91. The van der Waals surface area contributed by atoms with Crippen LogP contribution in [0.25, 0.3) is 0 Å². The molecule has 0 unspecified atom stereocenters. The summed E-state index contributed by atoms with van der Waals surface area (Å²) in [5, 5.41) is 1.98. The first kappa shape index (κ1) is 17.1. The quantitative estimate of drug-likeness (QED) is 0.605. The van der Waals surface area contributed by atoms with Crippen LogP contribution < -0.4 is 0 Å². The molecule has 24 heavy (non-hydrogen) atoms. The maximum Gasteiger partial charge on any atom is 0.233 e. The van der Waals surface area contributed by atoms with E-state index in [1.165, 1.54) is 11.8 Å². The second-order valence-electron chi connectivity index (χ2n) is 5.80. The van der Waals surface area contributed by atoms with Crippen LogP contribution in [0.4, 0.5) is 0 Å². The normalized spacial score (nSPS) is 17.7.